The molecular weight excluding hydrogens is 188 g/mol. The zero-order valence-electron chi connectivity index (χ0n) is 9.23. The molecule has 0 radical (unpaired) electrons. The van der Waals surface area contributed by atoms with Crippen molar-refractivity contribution in [3.63, 3.8) is 0 Å². The van der Waals surface area contributed by atoms with Crippen molar-refractivity contribution >= 4 is 11.0 Å². The maximum Gasteiger partial charge on any atom is 0.0912 e. The van der Waals surface area contributed by atoms with E-state index in [2.05, 4.69) is 28.9 Å². The van der Waals surface area contributed by atoms with Crippen molar-refractivity contribution in [3.8, 4) is 0 Å². The Balaban J connectivity index is 2.27. The summed E-state index contributed by atoms with van der Waals surface area (Å²) in [6.07, 6.45) is 6.09. The van der Waals surface area contributed by atoms with Gasteiger partial charge in [0.25, 0.3) is 0 Å². The summed E-state index contributed by atoms with van der Waals surface area (Å²) in [4.78, 5) is 4.42. The lowest BCUT2D eigenvalue weighted by Gasteiger charge is -1.97. The fraction of sp³-hybridized carbons (Fsp3) is 0.417. The van der Waals surface area contributed by atoms with E-state index >= 15 is 0 Å². The molecule has 0 aliphatic carbocycles. The van der Waals surface area contributed by atoms with E-state index < -0.39 is 0 Å². The summed E-state index contributed by atoms with van der Waals surface area (Å²) >= 11 is 0. The van der Waals surface area contributed by atoms with Gasteiger partial charge in [-0.25, -0.2) is 0 Å². The molecule has 0 bridgehead atoms. The third-order valence-electron chi connectivity index (χ3n) is 2.61. The molecule has 0 saturated carbocycles. The first-order valence-electron chi connectivity index (χ1n) is 5.21. The lowest BCUT2D eigenvalue weighted by atomic mass is 10.1. The third kappa shape index (κ3) is 2.02. The van der Waals surface area contributed by atoms with E-state index in [4.69, 9.17) is 4.74 Å². The second-order valence-corrected chi connectivity index (χ2v) is 3.73. The van der Waals surface area contributed by atoms with Crippen LogP contribution >= 0.6 is 0 Å². The Morgan fingerprint density at radius 2 is 2.33 bits per heavy atom. The first-order valence-corrected chi connectivity index (χ1v) is 5.21. The topological polar surface area (TPSA) is 27.1 Å². The maximum atomic E-state index is 5.06. The molecule has 0 aromatic carbocycles. The Bertz CT molecular complexity index is 448. The predicted molar refractivity (Wildman–Crippen MR) is 60.9 cm³/mol. The van der Waals surface area contributed by atoms with Crippen LogP contribution in [0.5, 0.6) is 0 Å². The molecule has 3 nitrogen and oxygen atoms in total. The van der Waals surface area contributed by atoms with E-state index in [9.17, 15) is 0 Å². The molecule has 0 saturated heterocycles. The zero-order chi connectivity index (χ0) is 10.7. The highest BCUT2D eigenvalue weighted by Crippen LogP contribution is 2.18. The average molecular weight is 204 g/mol. The van der Waals surface area contributed by atoms with Crippen molar-refractivity contribution in [1.82, 2.24) is 9.55 Å². The van der Waals surface area contributed by atoms with Gasteiger partial charge < -0.3 is 9.30 Å². The van der Waals surface area contributed by atoms with Crippen molar-refractivity contribution in [2.24, 2.45) is 7.05 Å². The van der Waals surface area contributed by atoms with E-state index in [0.717, 1.165) is 25.0 Å². The quantitative estimate of drug-likeness (QED) is 0.713. The van der Waals surface area contributed by atoms with Crippen LogP contribution in [0.4, 0.5) is 0 Å². The highest BCUT2D eigenvalue weighted by molar-refractivity contribution is 5.79. The molecule has 2 aromatic rings. The Morgan fingerprint density at radius 3 is 3.13 bits per heavy atom. The summed E-state index contributed by atoms with van der Waals surface area (Å²) in [5.41, 5.74) is 3.63. The molecule has 0 amide bonds. The molecule has 0 N–H and O–H groups in total. The van der Waals surface area contributed by atoms with Gasteiger partial charge in [0, 0.05) is 33.2 Å². The molecule has 2 heterocycles. The van der Waals surface area contributed by atoms with E-state index in [1.165, 1.54) is 11.1 Å². The van der Waals surface area contributed by atoms with Crippen molar-refractivity contribution in [1.29, 1.82) is 0 Å². The average Bonchev–Trinajstić information content (AvgIpc) is 2.58. The zero-order valence-corrected chi connectivity index (χ0v) is 9.23. The first-order chi connectivity index (χ1) is 7.33. The van der Waals surface area contributed by atoms with Crippen LogP contribution in [0, 0.1) is 0 Å². The van der Waals surface area contributed by atoms with Gasteiger partial charge in [0.15, 0.2) is 0 Å². The highest BCUT2D eigenvalue weighted by atomic mass is 16.5. The SMILES string of the molecule is COCCCc1cn(C)c2cccnc12. The number of aryl methyl sites for hydroxylation is 2. The van der Waals surface area contributed by atoms with Gasteiger partial charge in [-0.05, 0) is 30.5 Å². The summed E-state index contributed by atoms with van der Waals surface area (Å²) < 4.78 is 7.18. The number of aromatic nitrogens is 2. The second-order valence-electron chi connectivity index (χ2n) is 3.73. The van der Waals surface area contributed by atoms with Gasteiger partial charge in [-0.15, -0.1) is 0 Å². The van der Waals surface area contributed by atoms with E-state index in [0.29, 0.717) is 0 Å². The molecule has 0 unspecified atom stereocenters. The van der Waals surface area contributed by atoms with Crippen LogP contribution in [0.15, 0.2) is 24.5 Å². The monoisotopic (exact) mass is 204 g/mol. The van der Waals surface area contributed by atoms with Gasteiger partial charge in [0.05, 0.1) is 11.0 Å². The number of methoxy groups -OCH3 is 1. The molecule has 2 aromatic heterocycles. The number of fused-ring (bicyclic) bond motifs is 1. The Hall–Kier alpha value is -1.35. The van der Waals surface area contributed by atoms with Gasteiger partial charge in [0.2, 0.25) is 0 Å². The minimum Gasteiger partial charge on any atom is -0.385 e. The van der Waals surface area contributed by atoms with Crippen LogP contribution in [0.1, 0.15) is 12.0 Å². The normalized spacial score (nSPS) is 11.1. The van der Waals surface area contributed by atoms with Gasteiger partial charge in [-0.2, -0.15) is 0 Å². The Kier molecular flexibility index (Phi) is 3.02. The summed E-state index contributed by atoms with van der Waals surface area (Å²) in [6.45, 7) is 0.809. The minimum atomic E-state index is 0.809. The van der Waals surface area contributed by atoms with Gasteiger partial charge in [-0.3, -0.25) is 4.98 Å². The van der Waals surface area contributed by atoms with Crippen molar-refractivity contribution in [2.45, 2.75) is 12.8 Å². The number of hydrogen-bond donors (Lipinski definition) is 0. The predicted octanol–water partition coefficient (Wildman–Crippen LogP) is 2.15. The lowest BCUT2D eigenvalue weighted by Crippen LogP contribution is -1.92. The number of nitrogens with zero attached hydrogens (tertiary/aromatic N) is 2. The van der Waals surface area contributed by atoms with Gasteiger partial charge in [0.1, 0.15) is 0 Å². The fourth-order valence-electron chi connectivity index (χ4n) is 1.88. The number of hydrogen-bond acceptors (Lipinski definition) is 2. The molecule has 2 rings (SSSR count). The van der Waals surface area contributed by atoms with E-state index in [1.807, 2.05) is 12.3 Å². The first kappa shape index (κ1) is 10.2. The minimum absolute atomic E-state index is 0.809. The lowest BCUT2D eigenvalue weighted by molar-refractivity contribution is 0.195. The molecule has 0 spiro atoms. The number of ether oxygens (including phenoxy) is 1. The summed E-state index contributed by atoms with van der Waals surface area (Å²) in [5, 5.41) is 0. The fourth-order valence-corrected chi connectivity index (χ4v) is 1.88. The Labute approximate surface area is 89.7 Å². The molecule has 0 atom stereocenters. The number of pyridine rings is 1. The summed E-state index contributed by atoms with van der Waals surface area (Å²) in [7, 11) is 3.80. The van der Waals surface area contributed by atoms with Crippen LogP contribution < -0.4 is 0 Å². The highest BCUT2D eigenvalue weighted by Gasteiger charge is 2.06. The summed E-state index contributed by atoms with van der Waals surface area (Å²) in [6, 6.07) is 4.07. The maximum absolute atomic E-state index is 5.06. The van der Waals surface area contributed by atoms with Crippen molar-refractivity contribution < 1.29 is 4.74 Å². The molecule has 3 heteroatoms. The molecular formula is C12H16N2O. The van der Waals surface area contributed by atoms with Crippen LogP contribution in [-0.4, -0.2) is 23.3 Å². The smallest absolute Gasteiger partial charge is 0.0912 e. The molecule has 15 heavy (non-hydrogen) atoms. The van der Waals surface area contributed by atoms with Crippen molar-refractivity contribution in [3.05, 3.63) is 30.1 Å². The van der Waals surface area contributed by atoms with Crippen LogP contribution in [0.25, 0.3) is 11.0 Å². The Morgan fingerprint density at radius 1 is 1.47 bits per heavy atom. The van der Waals surface area contributed by atoms with Crippen LogP contribution in [0.3, 0.4) is 0 Å². The summed E-state index contributed by atoms with van der Waals surface area (Å²) in [5.74, 6) is 0. The molecule has 0 aliphatic rings. The van der Waals surface area contributed by atoms with E-state index in [1.54, 1.807) is 7.11 Å². The van der Waals surface area contributed by atoms with Crippen LogP contribution in [-0.2, 0) is 18.2 Å². The van der Waals surface area contributed by atoms with Crippen molar-refractivity contribution in [2.75, 3.05) is 13.7 Å². The molecule has 80 valence electrons. The largest absolute Gasteiger partial charge is 0.385 e. The van der Waals surface area contributed by atoms with E-state index in [-0.39, 0.29) is 0 Å². The number of rotatable bonds is 4. The second kappa shape index (κ2) is 4.45. The standard InChI is InChI=1S/C12H16N2O/c1-14-9-10(5-4-8-15-2)12-11(14)6-3-7-13-12/h3,6-7,9H,4-5,8H2,1-2H3. The van der Waals surface area contributed by atoms with Gasteiger partial charge in [-0.1, -0.05) is 0 Å². The van der Waals surface area contributed by atoms with Gasteiger partial charge >= 0.3 is 0 Å². The third-order valence-corrected chi connectivity index (χ3v) is 2.61. The molecule has 0 aliphatic heterocycles. The molecule has 0 fully saturated rings. The van der Waals surface area contributed by atoms with Crippen LogP contribution in [0.2, 0.25) is 0 Å².